The van der Waals surface area contributed by atoms with E-state index in [1.165, 1.54) is 44.9 Å². The first-order valence-corrected chi connectivity index (χ1v) is 14.6. The van der Waals surface area contributed by atoms with Crippen LogP contribution in [0.1, 0.15) is 89.9 Å². The van der Waals surface area contributed by atoms with Gasteiger partial charge < -0.3 is 4.74 Å². The van der Waals surface area contributed by atoms with Crippen molar-refractivity contribution in [3.8, 4) is 0 Å². The van der Waals surface area contributed by atoms with Crippen molar-refractivity contribution in [2.24, 2.45) is 35.5 Å². The molecule has 0 saturated heterocycles. The number of alkyl halides is 7. The second-order valence-electron chi connectivity index (χ2n) is 12.7. The summed E-state index contributed by atoms with van der Waals surface area (Å²) in [6, 6.07) is 0. The van der Waals surface area contributed by atoms with E-state index in [9.17, 15) is 22.0 Å². The van der Waals surface area contributed by atoms with Gasteiger partial charge in [0, 0.05) is 12.8 Å². The number of ether oxygens (including phenoxy) is 1. The zero-order chi connectivity index (χ0) is 26.3. The molecule has 5 aliphatic carbocycles. The molecule has 4 fully saturated rings. The third-order valence-corrected chi connectivity index (χ3v) is 10.1. The highest BCUT2D eigenvalue weighted by Crippen LogP contribution is 2.49. The van der Waals surface area contributed by atoms with Gasteiger partial charge in [0.05, 0.1) is 6.10 Å². The molecule has 5 rings (SSSR count). The molecule has 4 saturated carbocycles. The molecule has 37 heavy (non-hydrogen) atoms. The Kier molecular flexibility index (Phi) is 8.53. The highest BCUT2D eigenvalue weighted by Gasteiger charge is 2.56. The Morgan fingerprint density at radius 1 is 0.703 bits per heavy atom. The molecule has 5 aliphatic rings. The quantitative estimate of drug-likeness (QED) is 0.232. The molecule has 8 heteroatoms. The summed E-state index contributed by atoms with van der Waals surface area (Å²) in [6.45, 7) is 0. The van der Waals surface area contributed by atoms with Crippen molar-refractivity contribution in [2.45, 2.75) is 133 Å². The van der Waals surface area contributed by atoms with E-state index in [1.807, 2.05) is 0 Å². The van der Waals surface area contributed by atoms with Gasteiger partial charge in [-0.1, -0.05) is 37.3 Å². The topological polar surface area (TPSA) is 9.23 Å². The van der Waals surface area contributed by atoms with Crippen LogP contribution in [0.15, 0.2) is 11.6 Å². The van der Waals surface area contributed by atoms with Gasteiger partial charge in [-0.25, -0.2) is 22.0 Å². The van der Waals surface area contributed by atoms with Crippen LogP contribution in [0.3, 0.4) is 0 Å². The zero-order valence-electron chi connectivity index (χ0n) is 21.5. The van der Waals surface area contributed by atoms with Gasteiger partial charge in [-0.2, -0.15) is 8.78 Å². The van der Waals surface area contributed by atoms with Gasteiger partial charge in [0.15, 0.2) is 6.17 Å². The molecule has 0 amide bonds. The molecule has 0 aliphatic heterocycles. The van der Waals surface area contributed by atoms with Gasteiger partial charge >= 0.3 is 6.11 Å². The van der Waals surface area contributed by atoms with Gasteiger partial charge in [-0.05, 0) is 81.0 Å². The second-order valence-corrected chi connectivity index (χ2v) is 12.7. The zero-order valence-corrected chi connectivity index (χ0v) is 21.5. The number of halogens is 7. The van der Waals surface area contributed by atoms with Gasteiger partial charge in [0.1, 0.15) is 30.6 Å². The summed E-state index contributed by atoms with van der Waals surface area (Å²) in [7, 11) is 0. The summed E-state index contributed by atoms with van der Waals surface area (Å²) in [4.78, 5) is 0. The Bertz CT molecular complexity index is 769. The predicted molar refractivity (Wildman–Crippen MR) is 128 cm³/mol. The predicted octanol–water partition coefficient (Wildman–Crippen LogP) is 8.81. The number of hydrogen-bond donors (Lipinski definition) is 0. The second kappa shape index (κ2) is 11.4. The lowest BCUT2D eigenvalue weighted by Crippen LogP contribution is -2.51. The lowest BCUT2D eigenvalue weighted by Gasteiger charge is -2.42. The Balaban J connectivity index is 1.12. The number of hydrogen-bond acceptors (Lipinski definition) is 1. The fourth-order valence-electron chi connectivity index (χ4n) is 7.76. The average molecular weight is 539 g/mol. The SMILES string of the molecule is FC1CC(OC(F)(F)C2C(F)CC(C3=CCC(C4CCC(CC5CC5)CC4)CC3)CC2F)CC(F)C1F. The third kappa shape index (κ3) is 6.51. The molecule has 0 heterocycles. The molecule has 5 atom stereocenters. The maximum atomic E-state index is 15.0. The van der Waals surface area contributed by atoms with Crippen molar-refractivity contribution in [1.29, 1.82) is 0 Å². The monoisotopic (exact) mass is 538 g/mol. The van der Waals surface area contributed by atoms with Gasteiger partial charge in [-0.3, -0.25) is 0 Å². The van der Waals surface area contributed by atoms with E-state index in [0.29, 0.717) is 11.8 Å². The first kappa shape index (κ1) is 27.8. The molecule has 0 spiro atoms. The summed E-state index contributed by atoms with van der Waals surface area (Å²) in [5.74, 6) is 0.422. The summed E-state index contributed by atoms with van der Waals surface area (Å²) < 4.78 is 105. The van der Waals surface area contributed by atoms with E-state index < -0.39 is 67.7 Å². The maximum absolute atomic E-state index is 15.0. The third-order valence-electron chi connectivity index (χ3n) is 10.1. The molecular weight excluding hydrogens is 497 g/mol. The van der Waals surface area contributed by atoms with Crippen molar-refractivity contribution in [2.75, 3.05) is 0 Å². The fraction of sp³-hybridized carbons (Fsp3) is 0.931. The summed E-state index contributed by atoms with van der Waals surface area (Å²) in [5, 5.41) is 0. The molecule has 0 N–H and O–H groups in total. The van der Waals surface area contributed by atoms with Crippen LogP contribution in [0.2, 0.25) is 0 Å². The molecule has 0 aromatic carbocycles. The Morgan fingerprint density at radius 3 is 1.78 bits per heavy atom. The van der Waals surface area contributed by atoms with E-state index in [-0.39, 0.29) is 12.8 Å². The van der Waals surface area contributed by atoms with Gasteiger partial charge in [0.2, 0.25) is 0 Å². The van der Waals surface area contributed by atoms with Crippen LogP contribution in [0.25, 0.3) is 0 Å². The lowest BCUT2D eigenvalue weighted by atomic mass is 9.68. The van der Waals surface area contributed by atoms with Crippen molar-refractivity contribution >= 4 is 0 Å². The summed E-state index contributed by atoms with van der Waals surface area (Å²) >= 11 is 0. The Hall–Kier alpha value is -0.790. The summed E-state index contributed by atoms with van der Waals surface area (Å²) in [6.07, 6.45) is -4.84. The van der Waals surface area contributed by atoms with Crippen LogP contribution >= 0.6 is 0 Å². The highest BCUT2D eigenvalue weighted by atomic mass is 19.3. The molecule has 0 bridgehead atoms. The average Bonchev–Trinajstić information content (AvgIpc) is 3.66. The molecule has 0 aromatic rings. The lowest BCUT2D eigenvalue weighted by molar-refractivity contribution is -0.322. The van der Waals surface area contributed by atoms with Crippen molar-refractivity contribution in [3.63, 3.8) is 0 Å². The van der Waals surface area contributed by atoms with E-state index in [4.69, 9.17) is 0 Å². The Morgan fingerprint density at radius 2 is 1.27 bits per heavy atom. The highest BCUT2D eigenvalue weighted by molar-refractivity contribution is 5.14. The van der Waals surface area contributed by atoms with Crippen LogP contribution in [-0.4, -0.2) is 43.1 Å². The number of allylic oxidation sites excluding steroid dienone is 2. The van der Waals surface area contributed by atoms with Crippen LogP contribution in [0.4, 0.5) is 30.7 Å². The minimum atomic E-state index is -4.22. The first-order valence-electron chi connectivity index (χ1n) is 14.6. The van der Waals surface area contributed by atoms with Crippen molar-refractivity contribution in [3.05, 3.63) is 11.6 Å². The number of rotatable bonds is 7. The van der Waals surface area contributed by atoms with E-state index in [0.717, 1.165) is 36.7 Å². The standard InChI is InChI=1S/C29H41F7O/c30-23-12-21(13-24(31)27(23)29(35,36)37-22-14-25(32)28(34)26(33)15-22)20-9-7-19(8-10-20)18-5-3-17(4-6-18)11-16-1-2-16/h9,16-19,21-28H,1-8,10-15H2. The normalized spacial score (nSPS) is 45.9. The smallest absolute Gasteiger partial charge is 0.317 e. The van der Waals surface area contributed by atoms with Gasteiger partial charge in [0.25, 0.3) is 0 Å². The molecule has 0 radical (unpaired) electrons. The minimum Gasteiger partial charge on any atom is -0.317 e. The molecule has 0 aromatic heterocycles. The molecule has 5 unspecified atom stereocenters. The van der Waals surface area contributed by atoms with Crippen LogP contribution in [0, 0.1) is 35.5 Å². The van der Waals surface area contributed by atoms with Crippen LogP contribution < -0.4 is 0 Å². The first-order chi connectivity index (χ1) is 17.6. The summed E-state index contributed by atoms with van der Waals surface area (Å²) in [5.41, 5.74) is 0.980. The minimum absolute atomic E-state index is 0.207. The molecular formula is C29H41F7O. The van der Waals surface area contributed by atoms with Crippen LogP contribution in [-0.2, 0) is 4.74 Å². The maximum Gasteiger partial charge on any atom is 0.364 e. The largest absolute Gasteiger partial charge is 0.364 e. The van der Waals surface area contributed by atoms with E-state index >= 15 is 8.78 Å². The van der Waals surface area contributed by atoms with Gasteiger partial charge in [-0.15, -0.1) is 0 Å². The van der Waals surface area contributed by atoms with E-state index in [1.54, 1.807) is 0 Å². The fourth-order valence-corrected chi connectivity index (χ4v) is 7.76. The van der Waals surface area contributed by atoms with Crippen molar-refractivity contribution < 1.29 is 35.5 Å². The Labute approximate surface area is 216 Å². The molecule has 212 valence electrons. The van der Waals surface area contributed by atoms with Crippen molar-refractivity contribution in [1.82, 2.24) is 0 Å². The van der Waals surface area contributed by atoms with Crippen LogP contribution in [0.5, 0.6) is 0 Å². The van der Waals surface area contributed by atoms with E-state index in [2.05, 4.69) is 10.8 Å². The molecule has 1 nitrogen and oxygen atoms in total.